The van der Waals surface area contributed by atoms with Crippen LogP contribution in [0, 0.1) is 0 Å². The highest BCUT2D eigenvalue weighted by molar-refractivity contribution is 5.96. The zero-order valence-electron chi connectivity index (χ0n) is 24.0. The number of benzene rings is 1. The predicted molar refractivity (Wildman–Crippen MR) is 140 cm³/mol. The number of esters is 1. The van der Waals surface area contributed by atoms with Crippen LogP contribution in [-0.4, -0.2) is 59.3 Å². The number of amides is 3. The summed E-state index contributed by atoms with van der Waals surface area (Å²) in [6, 6.07) is 6.12. The van der Waals surface area contributed by atoms with E-state index >= 15 is 0 Å². The molecule has 1 aromatic carbocycles. The molecule has 0 aliphatic heterocycles. The molecule has 0 fully saturated rings. The SMILES string of the molecule is COC(=O)C(C)(C)NC(=O)C(C)(C)NC(=O)[C@H](Cc1ccc(OC(C)(C)C)cc1)NC(=O)OC(C)(C)C. The second kappa shape index (κ2) is 11.8. The van der Waals surface area contributed by atoms with E-state index < -0.39 is 46.6 Å². The van der Waals surface area contributed by atoms with E-state index in [1.54, 1.807) is 45.0 Å². The molecule has 0 aliphatic carbocycles. The average molecular weight is 522 g/mol. The molecule has 1 aromatic rings. The molecule has 3 N–H and O–H groups in total. The third kappa shape index (κ3) is 11.1. The molecule has 0 aliphatic rings. The summed E-state index contributed by atoms with van der Waals surface area (Å²) in [6.45, 7) is 16.9. The van der Waals surface area contributed by atoms with E-state index in [4.69, 9.17) is 14.2 Å². The number of nitrogens with one attached hydrogen (secondary N) is 3. The fraction of sp³-hybridized carbons (Fsp3) is 0.630. The van der Waals surface area contributed by atoms with E-state index in [2.05, 4.69) is 16.0 Å². The van der Waals surface area contributed by atoms with E-state index in [0.29, 0.717) is 5.75 Å². The topological polar surface area (TPSA) is 132 Å². The quantitative estimate of drug-likeness (QED) is 0.425. The molecule has 10 nitrogen and oxygen atoms in total. The van der Waals surface area contributed by atoms with Crippen molar-refractivity contribution in [2.45, 2.75) is 104 Å². The number of rotatable bonds is 9. The van der Waals surface area contributed by atoms with Gasteiger partial charge in [-0.25, -0.2) is 9.59 Å². The van der Waals surface area contributed by atoms with Crippen molar-refractivity contribution in [2.75, 3.05) is 7.11 Å². The van der Waals surface area contributed by atoms with Crippen LogP contribution < -0.4 is 20.7 Å². The fourth-order valence-electron chi connectivity index (χ4n) is 3.14. The lowest BCUT2D eigenvalue weighted by Crippen LogP contribution is -2.63. The van der Waals surface area contributed by atoms with Gasteiger partial charge < -0.3 is 30.2 Å². The third-order valence-corrected chi connectivity index (χ3v) is 4.92. The van der Waals surface area contributed by atoms with Crippen LogP contribution in [-0.2, 0) is 30.3 Å². The van der Waals surface area contributed by atoms with Crippen molar-refractivity contribution in [2.24, 2.45) is 0 Å². The molecular weight excluding hydrogens is 478 g/mol. The first-order valence-corrected chi connectivity index (χ1v) is 12.2. The van der Waals surface area contributed by atoms with Gasteiger partial charge in [0.25, 0.3) is 0 Å². The summed E-state index contributed by atoms with van der Waals surface area (Å²) < 4.78 is 15.9. The minimum atomic E-state index is -1.42. The molecule has 0 bridgehead atoms. The molecule has 10 heteroatoms. The van der Waals surface area contributed by atoms with Crippen LogP contribution in [0.4, 0.5) is 4.79 Å². The lowest BCUT2D eigenvalue weighted by Gasteiger charge is -2.32. The largest absolute Gasteiger partial charge is 0.488 e. The highest BCUT2D eigenvalue weighted by Gasteiger charge is 2.38. The molecule has 0 heterocycles. The number of ether oxygens (including phenoxy) is 3. The first kappa shape index (κ1) is 31.7. The number of alkyl carbamates (subject to hydrolysis) is 1. The van der Waals surface area contributed by atoms with Crippen molar-refractivity contribution >= 4 is 23.9 Å². The van der Waals surface area contributed by atoms with Gasteiger partial charge in [-0.05, 0) is 86.9 Å². The minimum Gasteiger partial charge on any atom is -0.488 e. The lowest BCUT2D eigenvalue weighted by atomic mass is 9.98. The number of carbonyl (C=O) groups excluding carboxylic acids is 4. The number of hydrogen-bond donors (Lipinski definition) is 3. The monoisotopic (exact) mass is 521 g/mol. The van der Waals surface area contributed by atoms with Crippen LogP contribution in [0.15, 0.2) is 24.3 Å². The van der Waals surface area contributed by atoms with E-state index in [9.17, 15) is 19.2 Å². The Balaban J connectivity index is 3.11. The Labute approximate surface area is 220 Å². The Hall–Kier alpha value is -3.30. The van der Waals surface area contributed by atoms with Gasteiger partial charge in [-0.2, -0.15) is 0 Å². The summed E-state index contributed by atoms with van der Waals surface area (Å²) in [7, 11) is 1.22. The maximum Gasteiger partial charge on any atom is 0.408 e. The molecule has 0 aromatic heterocycles. The highest BCUT2D eigenvalue weighted by Crippen LogP contribution is 2.20. The first-order chi connectivity index (χ1) is 16.6. The Morgan fingerprint density at radius 1 is 0.784 bits per heavy atom. The fourth-order valence-corrected chi connectivity index (χ4v) is 3.14. The van der Waals surface area contributed by atoms with Crippen molar-refractivity contribution < 1.29 is 33.4 Å². The zero-order chi connectivity index (χ0) is 28.8. The Morgan fingerprint density at radius 2 is 1.32 bits per heavy atom. The van der Waals surface area contributed by atoms with Crippen molar-refractivity contribution in [1.82, 2.24) is 16.0 Å². The Morgan fingerprint density at radius 3 is 1.78 bits per heavy atom. The van der Waals surface area contributed by atoms with Crippen LogP contribution in [0.2, 0.25) is 0 Å². The second-order valence-electron chi connectivity index (χ2n) is 11.9. The predicted octanol–water partition coefficient (Wildman–Crippen LogP) is 3.26. The summed E-state index contributed by atoms with van der Waals surface area (Å²) >= 11 is 0. The Kier molecular flexibility index (Phi) is 10.1. The molecule has 0 saturated heterocycles. The Bertz CT molecular complexity index is 971. The molecule has 3 amide bonds. The molecule has 37 heavy (non-hydrogen) atoms. The van der Waals surface area contributed by atoms with E-state index in [1.807, 2.05) is 20.8 Å². The molecule has 0 radical (unpaired) electrons. The third-order valence-electron chi connectivity index (χ3n) is 4.92. The van der Waals surface area contributed by atoms with Crippen LogP contribution in [0.1, 0.15) is 74.8 Å². The number of hydrogen-bond acceptors (Lipinski definition) is 7. The van der Waals surface area contributed by atoms with Crippen LogP contribution >= 0.6 is 0 Å². The smallest absolute Gasteiger partial charge is 0.408 e. The second-order valence-corrected chi connectivity index (χ2v) is 11.9. The van der Waals surface area contributed by atoms with Crippen molar-refractivity contribution in [1.29, 1.82) is 0 Å². The van der Waals surface area contributed by atoms with Gasteiger partial charge in [-0.3, -0.25) is 9.59 Å². The van der Waals surface area contributed by atoms with Crippen LogP contribution in [0.5, 0.6) is 5.75 Å². The molecular formula is C27H43N3O7. The van der Waals surface area contributed by atoms with E-state index in [0.717, 1.165) is 5.56 Å². The van der Waals surface area contributed by atoms with E-state index in [-0.39, 0.29) is 12.0 Å². The normalized spacial score (nSPS) is 13.2. The van der Waals surface area contributed by atoms with Crippen molar-refractivity contribution in [3.05, 3.63) is 29.8 Å². The maximum atomic E-state index is 13.3. The summed E-state index contributed by atoms with van der Waals surface area (Å²) in [5.41, 5.74) is -3.10. The number of carbonyl (C=O) groups is 4. The number of methoxy groups -OCH3 is 1. The van der Waals surface area contributed by atoms with E-state index in [1.165, 1.54) is 34.8 Å². The molecule has 0 saturated carbocycles. The average Bonchev–Trinajstić information content (AvgIpc) is 2.70. The van der Waals surface area contributed by atoms with Gasteiger partial charge in [-0.15, -0.1) is 0 Å². The van der Waals surface area contributed by atoms with Gasteiger partial charge in [-0.1, -0.05) is 12.1 Å². The molecule has 208 valence electrons. The molecule has 0 spiro atoms. The van der Waals surface area contributed by atoms with Crippen molar-refractivity contribution in [3.63, 3.8) is 0 Å². The molecule has 1 atom stereocenters. The maximum absolute atomic E-state index is 13.3. The molecule has 1 rings (SSSR count). The summed E-state index contributed by atoms with van der Waals surface area (Å²) in [5, 5.41) is 7.85. The van der Waals surface area contributed by atoms with Gasteiger partial charge in [0.1, 0.15) is 34.1 Å². The lowest BCUT2D eigenvalue weighted by molar-refractivity contribution is -0.150. The molecule has 0 unspecified atom stereocenters. The minimum absolute atomic E-state index is 0.131. The van der Waals surface area contributed by atoms with Gasteiger partial charge in [0.15, 0.2) is 0 Å². The van der Waals surface area contributed by atoms with Gasteiger partial charge in [0.2, 0.25) is 11.8 Å². The summed E-state index contributed by atoms with van der Waals surface area (Å²) in [5.74, 6) is -1.16. The highest BCUT2D eigenvalue weighted by atomic mass is 16.6. The summed E-state index contributed by atoms with van der Waals surface area (Å²) in [4.78, 5) is 50.7. The standard InChI is InChI=1S/C27H43N3O7/c1-24(2,3)36-18-14-12-17(13-15-18)16-19(28-23(34)37-25(4,5)6)20(31)29-26(7,8)21(32)30-27(9,10)22(33)35-11/h12-15,19H,16H2,1-11H3,(H,28,34)(H,29,31)(H,30,32)/t19-/m0/s1. The summed E-state index contributed by atoms with van der Waals surface area (Å²) in [6.07, 6.45) is -0.638. The zero-order valence-corrected chi connectivity index (χ0v) is 24.0. The van der Waals surface area contributed by atoms with Gasteiger partial charge in [0, 0.05) is 6.42 Å². The van der Waals surface area contributed by atoms with Crippen LogP contribution in [0.3, 0.4) is 0 Å². The van der Waals surface area contributed by atoms with Gasteiger partial charge in [0.05, 0.1) is 7.11 Å². The van der Waals surface area contributed by atoms with Gasteiger partial charge >= 0.3 is 12.1 Å². The van der Waals surface area contributed by atoms with Crippen LogP contribution in [0.25, 0.3) is 0 Å². The van der Waals surface area contributed by atoms with Crippen molar-refractivity contribution in [3.8, 4) is 5.75 Å². The first-order valence-electron chi connectivity index (χ1n) is 12.2.